The molecular formula is C25H28N6O3S. The Kier molecular flexibility index (Phi) is 7.29. The summed E-state index contributed by atoms with van der Waals surface area (Å²) < 4.78 is 7.54. The van der Waals surface area contributed by atoms with Crippen LogP contribution in [0.15, 0.2) is 59.8 Å². The van der Waals surface area contributed by atoms with Crippen LogP contribution in [0.3, 0.4) is 0 Å². The summed E-state index contributed by atoms with van der Waals surface area (Å²) in [5.41, 5.74) is 2.11. The van der Waals surface area contributed by atoms with E-state index in [1.807, 2.05) is 24.3 Å². The fourth-order valence-electron chi connectivity index (χ4n) is 3.89. The Labute approximate surface area is 208 Å². The zero-order valence-electron chi connectivity index (χ0n) is 19.4. The number of hydrogen-bond acceptors (Lipinski definition) is 7. The third-order valence-electron chi connectivity index (χ3n) is 5.87. The molecule has 2 aliphatic rings. The van der Waals surface area contributed by atoms with Crippen LogP contribution >= 0.6 is 11.8 Å². The fraction of sp³-hybridized carbons (Fsp3) is 0.360. The summed E-state index contributed by atoms with van der Waals surface area (Å²) in [6, 6.07) is 17.5. The normalized spacial score (nSPS) is 15.6. The average Bonchev–Trinajstić information content (AvgIpc) is 3.62. The van der Waals surface area contributed by atoms with Crippen LogP contribution < -0.4 is 15.5 Å². The molecule has 2 fully saturated rings. The van der Waals surface area contributed by atoms with E-state index in [0.717, 1.165) is 37.4 Å². The van der Waals surface area contributed by atoms with E-state index < -0.39 is 0 Å². The third kappa shape index (κ3) is 6.01. The van der Waals surface area contributed by atoms with Gasteiger partial charge in [-0.25, -0.2) is 0 Å². The number of thioether (sulfide) groups is 1. The van der Waals surface area contributed by atoms with Crippen LogP contribution in [0.25, 0.3) is 0 Å². The molecule has 35 heavy (non-hydrogen) atoms. The predicted molar refractivity (Wildman–Crippen MR) is 135 cm³/mol. The molecule has 1 saturated carbocycles. The summed E-state index contributed by atoms with van der Waals surface area (Å²) in [5.74, 6) is 0.564. The maximum atomic E-state index is 12.8. The van der Waals surface area contributed by atoms with Gasteiger partial charge < -0.3 is 20.3 Å². The van der Waals surface area contributed by atoms with Gasteiger partial charge in [0.1, 0.15) is 0 Å². The highest BCUT2D eigenvalue weighted by Crippen LogP contribution is 2.25. The molecule has 2 aromatic carbocycles. The summed E-state index contributed by atoms with van der Waals surface area (Å²) in [6.07, 6.45) is 2.01. The molecule has 1 aliphatic heterocycles. The first-order valence-corrected chi connectivity index (χ1v) is 12.8. The monoisotopic (exact) mass is 492 g/mol. The van der Waals surface area contributed by atoms with Crippen molar-refractivity contribution in [3.8, 4) is 0 Å². The van der Waals surface area contributed by atoms with Crippen LogP contribution in [0, 0.1) is 0 Å². The number of benzene rings is 2. The minimum Gasteiger partial charge on any atom is -0.378 e. The van der Waals surface area contributed by atoms with Gasteiger partial charge >= 0.3 is 0 Å². The van der Waals surface area contributed by atoms with E-state index in [1.54, 1.807) is 18.2 Å². The van der Waals surface area contributed by atoms with Crippen LogP contribution in [-0.2, 0) is 16.1 Å². The first-order valence-electron chi connectivity index (χ1n) is 11.8. The van der Waals surface area contributed by atoms with Gasteiger partial charge in [-0.05, 0) is 30.5 Å². The van der Waals surface area contributed by atoms with Gasteiger partial charge in [-0.1, -0.05) is 54.2 Å². The molecule has 9 nitrogen and oxygen atoms in total. The number of nitrogens with one attached hydrogen (secondary N) is 2. The number of carbonyl (C=O) groups is 2. The van der Waals surface area contributed by atoms with Gasteiger partial charge in [0.25, 0.3) is 5.91 Å². The number of amides is 2. The molecule has 0 spiro atoms. The minimum atomic E-state index is -0.205. The highest BCUT2D eigenvalue weighted by Gasteiger charge is 2.25. The number of morpholine rings is 1. The van der Waals surface area contributed by atoms with Gasteiger partial charge in [0, 0.05) is 19.1 Å². The lowest BCUT2D eigenvalue weighted by atomic mass is 10.1. The molecule has 3 aromatic rings. The molecule has 0 bridgehead atoms. The summed E-state index contributed by atoms with van der Waals surface area (Å²) in [6.45, 7) is 3.40. The highest BCUT2D eigenvalue weighted by molar-refractivity contribution is 7.99. The lowest BCUT2D eigenvalue weighted by molar-refractivity contribution is -0.113. The number of para-hydroxylation sites is 1. The smallest absolute Gasteiger partial charge is 0.253 e. The first kappa shape index (κ1) is 23.4. The van der Waals surface area contributed by atoms with E-state index in [0.29, 0.717) is 36.2 Å². The van der Waals surface area contributed by atoms with Crippen molar-refractivity contribution >= 4 is 35.2 Å². The number of rotatable bonds is 9. The zero-order chi connectivity index (χ0) is 24.0. The predicted octanol–water partition coefficient (Wildman–Crippen LogP) is 2.79. The molecule has 0 radical (unpaired) electrons. The summed E-state index contributed by atoms with van der Waals surface area (Å²) >= 11 is 1.33. The van der Waals surface area contributed by atoms with E-state index in [2.05, 4.69) is 42.4 Å². The standard InChI is InChI=1S/C25H28N6O3S/c32-22(27-21-9-5-4-8-20(21)23(33)26-19-10-11-19)17-35-25-29-28-24(30-12-14-34-15-13-30)31(25)16-18-6-2-1-3-7-18/h1-9,19H,10-17H2,(H,26,33)(H,27,32). The highest BCUT2D eigenvalue weighted by atomic mass is 32.2. The van der Waals surface area contributed by atoms with Gasteiger partial charge in [-0.2, -0.15) is 0 Å². The van der Waals surface area contributed by atoms with Crippen LogP contribution in [0.4, 0.5) is 11.6 Å². The summed E-state index contributed by atoms with van der Waals surface area (Å²) in [4.78, 5) is 27.5. The maximum Gasteiger partial charge on any atom is 0.253 e. The van der Waals surface area contributed by atoms with E-state index in [-0.39, 0.29) is 23.6 Å². The number of carbonyl (C=O) groups excluding carboxylic acids is 2. The number of nitrogens with zero attached hydrogens (tertiary/aromatic N) is 4. The average molecular weight is 493 g/mol. The fourth-order valence-corrected chi connectivity index (χ4v) is 4.62. The second kappa shape index (κ2) is 10.9. The first-order chi connectivity index (χ1) is 17.2. The van der Waals surface area contributed by atoms with Crippen LogP contribution in [0.5, 0.6) is 0 Å². The van der Waals surface area contributed by atoms with E-state index >= 15 is 0 Å². The van der Waals surface area contributed by atoms with Crippen molar-refractivity contribution in [1.82, 2.24) is 20.1 Å². The second-order valence-electron chi connectivity index (χ2n) is 8.58. The van der Waals surface area contributed by atoms with Gasteiger partial charge in [0.05, 0.1) is 36.8 Å². The van der Waals surface area contributed by atoms with Crippen molar-refractivity contribution < 1.29 is 14.3 Å². The Morgan fingerprint density at radius 3 is 2.51 bits per heavy atom. The molecule has 10 heteroatoms. The number of hydrogen-bond donors (Lipinski definition) is 2. The summed E-state index contributed by atoms with van der Waals surface area (Å²) in [7, 11) is 0. The van der Waals surface area contributed by atoms with Crippen LogP contribution in [-0.4, -0.2) is 64.7 Å². The van der Waals surface area contributed by atoms with Crippen molar-refractivity contribution in [2.45, 2.75) is 30.6 Å². The van der Waals surface area contributed by atoms with E-state index in [1.165, 1.54) is 11.8 Å². The number of anilines is 2. The number of ether oxygens (including phenoxy) is 1. The zero-order valence-corrected chi connectivity index (χ0v) is 20.2. The maximum absolute atomic E-state index is 12.8. The Morgan fingerprint density at radius 2 is 1.74 bits per heavy atom. The van der Waals surface area contributed by atoms with Crippen molar-refractivity contribution in [1.29, 1.82) is 0 Å². The molecule has 2 amide bonds. The lowest BCUT2D eigenvalue weighted by Crippen LogP contribution is -2.38. The Bertz CT molecular complexity index is 1170. The molecule has 1 aliphatic carbocycles. The third-order valence-corrected chi connectivity index (χ3v) is 6.83. The van der Waals surface area contributed by atoms with Gasteiger partial charge in [-0.3, -0.25) is 14.2 Å². The number of aromatic nitrogens is 3. The van der Waals surface area contributed by atoms with E-state index in [9.17, 15) is 9.59 Å². The molecule has 2 N–H and O–H groups in total. The SMILES string of the molecule is O=C(CSc1nnc(N2CCOCC2)n1Cc1ccccc1)Nc1ccccc1C(=O)NC1CC1. The molecule has 0 atom stereocenters. The second-order valence-corrected chi connectivity index (χ2v) is 9.53. The molecule has 1 aromatic heterocycles. The molecule has 1 saturated heterocycles. The van der Waals surface area contributed by atoms with E-state index in [4.69, 9.17) is 4.74 Å². The van der Waals surface area contributed by atoms with Crippen LogP contribution in [0.2, 0.25) is 0 Å². The van der Waals surface area contributed by atoms with Gasteiger partial charge in [0.2, 0.25) is 11.9 Å². The van der Waals surface area contributed by atoms with Crippen molar-refractivity contribution in [3.63, 3.8) is 0 Å². The van der Waals surface area contributed by atoms with Crippen LogP contribution in [0.1, 0.15) is 28.8 Å². The Hall–Kier alpha value is -3.37. The minimum absolute atomic E-state index is 0.147. The molecule has 2 heterocycles. The van der Waals surface area contributed by atoms with Gasteiger partial charge in [-0.15, -0.1) is 10.2 Å². The molecular weight excluding hydrogens is 464 g/mol. The Balaban J connectivity index is 1.28. The quantitative estimate of drug-likeness (QED) is 0.443. The van der Waals surface area contributed by atoms with Gasteiger partial charge in [0.15, 0.2) is 5.16 Å². The lowest BCUT2D eigenvalue weighted by Gasteiger charge is -2.28. The Morgan fingerprint density at radius 1 is 1.00 bits per heavy atom. The van der Waals surface area contributed by atoms with Crippen molar-refractivity contribution in [2.75, 3.05) is 42.3 Å². The van der Waals surface area contributed by atoms with Crippen molar-refractivity contribution in [3.05, 3.63) is 65.7 Å². The van der Waals surface area contributed by atoms with Crippen molar-refractivity contribution in [2.24, 2.45) is 0 Å². The molecule has 5 rings (SSSR count). The molecule has 0 unspecified atom stereocenters. The summed E-state index contributed by atoms with van der Waals surface area (Å²) in [5, 5.41) is 15.4. The molecule has 182 valence electrons. The largest absolute Gasteiger partial charge is 0.378 e. The topological polar surface area (TPSA) is 101 Å².